The number of hydrogen-bond donors (Lipinski definition) is 0. The van der Waals surface area contributed by atoms with Gasteiger partial charge >= 0.3 is 0 Å². The third-order valence-electron chi connectivity index (χ3n) is 6.97. The molecule has 3 heterocycles. The van der Waals surface area contributed by atoms with Crippen molar-refractivity contribution in [2.45, 2.75) is 56.6 Å². The fourth-order valence-corrected chi connectivity index (χ4v) is 7.57. The molecule has 1 aromatic carbocycles. The summed E-state index contributed by atoms with van der Waals surface area (Å²) in [6.07, 6.45) is 4.23. The minimum Gasteiger partial charge on any atom is -0.371 e. The Hall–Kier alpha value is -1.37. The van der Waals surface area contributed by atoms with Crippen molar-refractivity contribution in [2.75, 3.05) is 31.1 Å². The molecule has 4 nitrogen and oxygen atoms in total. The minimum atomic E-state index is -3.33. The van der Waals surface area contributed by atoms with Crippen molar-refractivity contribution in [1.29, 1.82) is 0 Å². The van der Waals surface area contributed by atoms with Crippen LogP contribution >= 0.6 is 11.3 Å². The van der Waals surface area contributed by atoms with Crippen LogP contribution in [0.15, 0.2) is 40.6 Å². The number of hydrogen-bond acceptors (Lipinski definition) is 4. The lowest BCUT2D eigenvalue weighted by Crippen LogP contribution is -2.44. The van der Waals surface area contributed by atoms with Crippen molar-refractivity contribution in [1.82, 2.24) is 4.31 Å². The van der Waals surface area contributed by atoms with Crippen LogP contribution in [0.25, 0.3) is 0 Å². The number of aryl methyl sites for hydroxylation is 1. The summed E-state index contributed by atoms with van der Waals surface area (Å²) in [6.45, 7) is 9.85. The van der Waals surface area contributed by atoms with Gasteiger partial charge < -0.3 is 4.90 Å². The van der Waals surface area contributed by atoms with Gasteiger partial charge in [0, 0.05) is 36.7 Å². The van der Waals surface area contributed by atoms with Crippen LogP contribution < -0.4 is 4.90 Å². The van der Waals surface area contributed by atoms with Crippen LogP contribution in [0.1, 0.15) is 55.9 Å². The lowest BCUT2D eigenvalue weighted by Gasteiger charge is -2.38. The second kappa shape index (κ2) is 8.05. The molecular weight excluding hydrogens is 400 g/mol. The zero-order valence-corrected chi connectivity index (χ0v) is 19.4. The Morgan fingerprint density at radius 2 is 1.69 bits per heavy atom. The molecule has 2 aliphatic heterocycles. The van der Waals surface area contributed by atoms with Crippen molar-refractivity contribution < 1.29 is 8.42 Å². The highest BCUT2D eigenvalue weighted by Crippen LogP contribution is 2.43. The highest BCUT2D eigenvalue weighted by Gasteiger charge is 2.43. The summed E-state index contributed by atoms with van der Waals surface area (Å²) >= 11 is 1.38. The maximum absolute atomic E-state index is 12.9. The lowest BCUT2D eigenvalue weighted by atomic mass is 9.78. The molecule has 2 fully saturated rings. The Morgan fingerprint density at radius 3 is 2.28 bits per heavy atom. The molecule has 0 radical (unpaired) electrons. The quantitative estimate of drug-likeness (QED) is 0.648. The predicted molar refractivity (Wildman–Crippen MR) is 121 cm³/mol. The smallest absolute Gasteiger partial charge is 0.252 e. The molecule has 0 amide bonds. The van der Waals surface area contributed by atoms with E-state index in [9.17, 15) is 8.42 Å². The van der Waals surface area contributed by atoms with E-state index in [2.05, 4.69) is 43.0 Å². The first-order valence-corrected chi connectivity index (χ1v) is 13.0. The maximum Gasteiger partial charge on any atom is 0.252 e. The molecule has 29 heavy (non-hydrogen) atoms. The molecule has 6 heteroatoms. The van der Waals surface area contributed by atoms with Gasteiger partial charge in [-0.05, 0) is 73.8 Å². The SMILES string of the molecule is CCC(C)c1ccc(N2CCC3(CCN(S(=O)(=O)c4ccc(C)s4)CC3)C2)cc1. The molecule has 2 aliphatic rings. The largest absolute Gasteiger partial charge is 0.371 e. The van der Waals surface area contributed by atoms with Gasteiger partial charge in [-0.3, -0.25) is 0 Å². The monoisotopic (exact) mass is 432 g/mol. The molecule has 1 aromatic heterocycles. The Balaban J connectivity index is 1.40. The molecule has 158 valence electrons. The van der Waals surface area contributed by atoms with E-state index >= 15 is 0 Å². The summed E-state index contributed by atoms with van der Waals surface area (Å²) in [5.74, 6) is 0.604. The van der Waals surface area contributed by atoms with Gasteiger partial charge in [0.05, 0.1) is 0 Å². The van der Waals surface area contributed by atoms with E-state index < -0.39 is 10.0 Å². The van der Waals surface area contributed by atoms with Gasteiger partial charge in [0.2, 0.25) is 0 Å². The number of piperidine rings is 1. The normalized spacial score (nSPS) is 21.0. The molecule has 0 N–H and O–H groups in total. The van der Waals surface area contributed by atoms with E-state index in [1.54, 1.807) is 10.4 Å². The molecule has 2 aromatic rings. The number of sulfonamides is 1. The van der Waals surface area contributed by atoms with E-state index in [-0.39, 0.29) is 5.41 Å². The van der Waals surface area contributed by atoms with Crippen LogP contribution in [0.4, 0.5) is 5.69 Å². The molecule has 0 saturated carbocycles. The van der Waals surface area contributed by atoms with E-state index in [1.807, 2.05) is 13.0 Å². The summed E-state index contributed by atoms with van der Waals surface area (Å²) in [4.78, 5) is 3.54. The number of anilines is 1. The van der Waals surface area contributed by atoms with Gasteiger partial charge in [0.15, 0.2) is 0 Å². The molecular formula is C23H32N2O2S2. The molecule has 2 saturated heterocycles. The molecule has 1 unspecified atom stereocenters. The van der Waals surface area contributed by atoms with Crippen molar-refractivity contribution >= 4 is 27.0 Å². The summed E-state index contributed by atoms with van der Waals surface area (Å²) in [6, 6.07) is 12.7. The Labute approximate surface area is 179 Å². The van der Waals surface area contributed by atoms with E-state index in [1.165, 1.54) is 22.6 Å². The summed E-state index contributed by atoms with van der Waals surface area (Å²) < 4.78 is 28.0. The molecule has 1 spiro atoms. The van der Waals surface area contributed by atoms with E-state index in [4.69, 9.17) is 0 Å². The van der Waals surface area contributed by atoms with Gasteiger partial charge in [0.25, 0.3) is 10.0 Å². The highest BCUT2D eigenvalue weighted by atomic mass is 32.2. The lowest BCUT2D eigenvalue weighted by molar-refractivity contribution is 0.177. The fraction of sp³-hybridized carbons (Fsp3) is 0.565. The standard InChI is InChI=1S/C23H32N2O2S2/c1-4-18(2)20-6-8-21(9-7-20)24-14-11-23(17-24)12-15-25(16-13-23)29(26,27)22-10-5-19(3)28-22/h5-10,18H,4,11-17H2,1-3H3. The summed E-state index contributed by atoms with van der Waals surface area (Å²) in [5, 5.41) is 0. The third kappa shape index (κ3) is 4.12. The first-order valence-electron chi connectivity index (χ1n) is 10.7. The summed E-state index contributed by atoms with van der Waals surface area (Å²) in [7, 11) is -3.33. The first-order chi connectivity index (χ1) is 13.8. The third-order valence-corrected chi connectivity index (χ3v) is 10.3. The number of benzene rings is 1. The van der Waals surface area contributed by atoms with Crippen molar-refractivity contribution in [3.63, 3.8) is 0 Å². The second-order valence-electron chi connectivity index (χ2n) is 8.84. The van der Waals surface area contributed by atoms with Crippen LogP contribution in [0.3, 0.4) is 0 Å². The predicted octanol–water partition coefficient (Wildman–Crippen LogP) is 5.25. The minimum absolute atomic E-state index is 0.257. The van der Waals surface area contributed by atoms with Gasteiger partial charge in [-0.2, -0.15) is 4.31 Å². The van der Waals surface area contributed by atoms with Crippen LogP contribution in [0.2, 0.25) is 0 Å². The Bertz CT molecular complexity index is 942. The average Bonchev–Trinajstić information content (AvgIpc) is 3.35. The average molecular weight is 433 g/mol. The van der Waals surface area contributed by atoms with Crippen LogP contribution in [0, 0.1) is 12.3 Å². The zero-order chi connectivity index (χ0) is 20.6. The van der Waals surface area contributed by atoms with Crippen molar-refractivity contribution in [3.8, 4) is 0 Å². The van der Waals surface area contributed by atoms with Gasteiger partial charge in [0.1, 0.15) is 4.21 Å². The molecule has 1 atom stereocenters. The number of nitrogens with zero attached hydrogens (tertiary/aromatic N) is 2. The molecule has 4 rings (SSSR count). The van der Waals surface area contributed by atoms with E-state index in [0.29, 0.717) is 23.2 Å². The second-order valence-corrected chi connectivity index (χ2v) is 12.3. The zero-order valence-electron chi connectivity index (χ0n) is 17.7. The van der Waals surface area contributed by atoms with E-state index in [0.717, 1.165) is 43.6 Å². The topological polar surface area (TPSA) is 40.6 Å². The molecule has 0 bridgehead atoms. The van der Waals surface area contributed by atoms with Crippen LogP contribution in [0.5, 0.6) is 0 Å². The number of thiophene rings is 1. The maximum atomic E-state index is 12.9. The highest BCUT2D eigenvalue weighted by molar-refractivity contribution is 7.91. The Kier molecular flexibility index (Phi) is 5.79. The fourth-order valence-electron chi connectivity index (χ4n) is 4.69. The van der Waals surface area contributed by atoms with Crippen molar-refractivity contribution in [2.24, 2.45) is 5.41 Å². The van der Waals surface area contributed by atoms with Gasteiger partial charge in [-0.1, -0.05) is 26.0 Å². The van der Waals surface area contributed by atoms with Gasteiger partial charge in [-0.15, -0.1) is 11.3 Å². The number of rotatable bonds is 5. The van der Waals surface area contributed by atoms with Gasteiger partial charge in [-0.25, -0.2) is 8.42 Å². The van der Waals surface area contributed by atoms with Crippen LogP contribution in [-0.2, 0) is 10.0 Å². The molecule has 0 aliphatic carbocycles. The Morgan fingerprint density at radius 1 is 1.03 bits per heavy atom. The first kappa shape index (κ1) is 20.9. The summed E-state index contributed by atoms with van der Waals surface area (Å²) in [5.41, 5.74) is 2.97. The van der Waals surface area contributed by atoms with Crippen molar-refractivity contribution in [3.05, 3.63) is 46.8 Å². The van der Waals surface area contributed by atoms with Crippen LogP contribution in [-0.4, -0.2) is 38.9 Å².